The molecule has 0 bridgehead atoms. The molecule has 1 heterocycles. The van der Waals surface area contributed by atoms with Crippen LogP contribution in [0.5, 0.6) is 0 Å². The number of aromatic nitrogens is 1. The molecule has 0 atom stereocenters. The molecule has 0 aliphatic heterocycles. The van der Waals surface area contributed by atoms with Gasteiger partial charge in [0.2, 0.25) is 5.89 Å². The minimum absolute atomic E-state index is 0.156. The summed E-state index contributed by atoms with van der Waals surface area (Å²) in [5.74, 6) is 0.365. The number of rotatable bonds is 13. The summed E-state index contributed by atoms with van der Waals surface area (Å²) in [6.45, 7) is 2.12. The highest BCUT2D eigenvalue weighted by molar-refractivity contribution is 5.58. The number of benzene rings is 1. The van der Waals surface area contributed by atoms with Gasteiger partial charge in [-0.25, -0.2) is 4.98 Å². The molecular formula is C22H33NO2. The zero-order chi connectivity index (χ0) is 17.7. The third kappa shape index (κ3) is 7.43. The van der Waals surface area contributed by atoms with Crippen LogP contribution >= 0.6 is 0 Å². The lowest BCUT2D eigenvalue weighted by Gasteiger charge is -2.04. The van der Waals surface area contributed by atoms with Crippen LogP contribution in [-0.4, -0.2) is 10.1 Å². The van der Waals surface area contributed by atoms with Crippen LogP contribution in [0.4, 0.5) is 0 Å². The zero-order valence-corrected chi connectivity index (χ0v) is 15.7. The number of aryl methyl sites for hydroxylation is 1. The van der Waals surface area contributed by atoms with Crippen molar-refractivity contribution in [1.29, 1.82) is 0 Å². The highest BCUT2D eigenvalue weighted by Gasteiger charge is 2.05. The predicted molar refractivity (Wildman–Crippen MR) is 103 cm³/mol. The molecule has 138 valence electrons. The van der Waals surface area contributed by atoms with Crippen LogP contribution in [0.2, 0.25) is 0 Å². The molecular weight excluding hydrogens is 310 g/mol. The molecule has 0 spiro atoms. The maximum atomic E-state index is 9.01. The Morgan fingerprint density at radius 1 is 0.840 bits per heavy atom. The van der Waals surface area contributed by atoms with Crippen LogP contribution in [0, 0.1) is 0 Å². The molecule has 2 aromatic rings. The largest absolute Gasteiger partial charge is 0.446 e. The summed E-state index contributed by atoms with van der Waals surface area (Å²) in [5, 5.41) is 9.01. The van der Waals surface area contributed by atoms with E-state index in [0.29, 0.717) is 5.89 Å². The first kappa shape index (κ1) is 19.7. The normalized spacial score (nSPS) is 11.1. The third-order valence-corrected chi connectivity index (χ3v) is 4.76. The van der Waals surface area contributed by atoms with Gasteiger partial charge in [0.15, 0.2) is 0 Å². The maximum absolute atomic E-state index is 9.01. The van der Waals surface area contributed by atoms with Gasteiger partial charge < -0.3 is 9.52 Å². The average Bonchev–Trinajstić information content (AvgIpc) is 3.13. The van der Waals surface area contributed by atoms with Crippen LogP contribution in [-0.2, 0) is 13.0 Å². The Morgan fingerprint density at radius 3 is 2.00 bits per heavy atom. The van der Waals surface area contributed by atoms with Gasteiger partial charge >= 0.3 is 0 Å². The minimum Gasteiger partial charge on any atom is -0.446 e. The van der Waals surface area contributed by atoms with Crippen molar-refractivity contribution in [1.82, 2.24) is 4.98 Å². The Hall–Kier alpha value is -1.61. The SMILES string of the molecule is CCCCCCCCCCCCc1ccc(-c2coc(CO)n2)cc1. The highest BCUT2D eigenvalue weighted by atomic mass is 16.4. The van der Waals surface area contributed by atoms with E-state index in [4.69, 9.17) is 9.52 Å². The molecule has 1 N–H and O–H groups in total. The second-order valence-electron chi connectivity index (χ2n) is 6.91. The molecule has 2 rings (SSSR count). The van der Waals surface area contributed by atoms with Gasteiger partial charge in [0.05, 0.1) is 0 Å². The van der Waals surface area contributed by atoms with E-state index >= 15 is 0 Å². The molecule has 1 aromatic heterocycles. The van der Waals surface area contributed by atoms with Gasteiger partial charge in [-0.1, -0.05) is 89.0 Å². The summed E-state index contributed by atoms with van der Waals surface area (Å²) >= 11 is 0. The number of unbranched alkanes of at least 4 members (excludes halogenated alkanes) is 9. The Kier molecular flexibility index (Phi) is 9.35. The lowest BCUT2D eigenvalue weighted by atomic mass is 10.0. The van der Waals surface area contributed by atoms with Crippen LogP contribution in [0.15, 0.2) is 34.9 Å². The number of aliphatic hydroxyl groups is 1. The molecule has 3 heteroatoms. The molecule has 3 nitrogen and oxygen atoms in total. The molecule has 25 heavy (non-hydrogen) atoms. The fraction of sp³-hybridized carbons (Fsp3) is 0.591. The van der Waals surface area contributed by atoms with E-state index in [0.717, 1.165) is 17.7 Å². The van der Waals surface area contributed by atoms with Crippen molar-refractivity contribution in [3.8, 4) is 11.3 Å². The fourth-order valence-electron chi connectivity index (χ4n) is 3.17. The lowest BCUT2D eigenvalue weighted by Crippen LogP contribution is -1.88. The van der Waals surface area contributed by atoms with Crippen molar-refractivity contribution >= 4 is 0 Å². The first-order valence-electron chi connectivity index (χ1n) is 9.98. The molecule has 0 radical (unpaired) electrons. The Labute approximate surface area is 152 Å². The minimum atomic E-state index is -0.156. The van der Waals surface area contributed by atoms with E-state index in [1.165, 1.54) is 69.8 Å². The topological polar surface area (TPSA) is 46.3 Å². The lowest BCUT2D eigenvalue weighted by molar-refractivity contribution is 0.240. The van der Waals surface area contributed by atoms with Gasteiger partial charge in [-0.2, -0.15) is 0 Å². The standard InChI is InChI=1S/C22H33NO2/c1-2-3-4-5-6-7-8-9-10-11-12-19-13-15-20(16-14-19)21-18-25-22(17-24)23-21/h13-16,18,24H,2-12,17H2,1H3. The Bertz CT molecular complexity index is 574. The molecule has 0 amide bonds. The van der Waals surface area contributed by atoms with E-state index in [2.05, 4.69) is 36.2 Å². The number of aliphatic hydroxyl groups excluding tert-OH is 1. The van der Waals surface area contributed by atoms with E-state index in [-0.39, 0.29) is 6.61 Å². The van der Waals surface area contributed by atoms with E-state index in [1.807, 2.05) is 0 Å². The summed E-state index contributed by atoms with van der Waals surface area (Å²) in [6, 6.07) is 8.53. The smallest absolute Gasteiger partial charge is 0.220 e. The second-order valence-corrected chi connectivity index (χ2v) is 6.91. The van der Waals surface area contributed by atoms with E-state index < -0.39 is 0 Å². The van der Waals surface area contributed by atoms with Crippen molar-refractivity contribution in [2.24, 2.45) is 0 Å². The number of hydrogen-bond acceptors (Lipinski definition) is 3. The molecule has 0 unspecified atom stereocenters. The van der Waals surface area contributed by atoms with Crippen LogP contribution in [0.3, 0.4) is 0 Å². The van der Waals surface area contributed by atoms with Gasteiger partial charge in [0.25, 0.3) is 0 Å². The molecule has 0 saturated carbocycles. The molecule has 0 saturated heterocycles. The fourth-order valence-corrected chi connectivity index (χ4v) is 3.17. The first-order chi connectivity index (χ1) is 12.3. The number of nitrogens with zero attached hydrogens (tertiary/aromatic N) is 1. The zero-order valence-electron chi connectivity index (χ0n) is 15.7. The van der Waals surface area contributed by atoms with Gasteiger partial charge in [-0.15, -0.1) is 0 Å². The van der Waals surface area contributed by atoms with Crippen molar-refractivity contribution in [2.45, 2.75) is 84.2 Å². The van der Waals surface area contributed by atoms with Crippen molar-refractivity contribution < 1.29 is 9.52 Å². The maximum Gasteiger partial charge on any atom is 0.220 e. The van der Waals surface area contributed by atoms with Gasteiger partial charge in [0.1, 0.15) is 18.6 Å². The van der Waals surface area contributed by atoms with Crippen molar-refractivity contribution in [2.75, 3.05) is 0 Å². The van der Waals surface area contributed by atoms with Crippen LogP contribution < -0.4 is 0 Å². The van der Waals surface area contributed by atoms with E-state index in [9.17, 15) is 0 Å². The predicted octanol–water partition coefficient (Wildman–Crippen LogP) is 6.30. The summed E-state index contributed by atoms with van der Waals surface area (Å²) in [4.78, 5) is 4.24. The summed E-state index contributed by atoms with van der Waals surface area (Å²) in [5.41, 5.74) is 3.21. The monoisotopic (exact) mass is 343 g/mol. The van der Waals surface area contributed by atoms with Gasteiger partial charge in [-0.05, 0) is 18.4 Å². The van der Waals surface area contributed by atoms with E-state index in [1.54, 1.807) is 6.26 Å². The highest BCUT2D eigenvalue weighted by Crippen LogP contribution is 2.20. The second kappa shape index (κ2) is 11.9. The summed E-state index contributed by atoms with van der Waals surface area (Å²) in [7, 11) is 0. The third-order valence-electron chi connectivity index (χ3n) is 4.76. The van der Waals surface area contributed by atoms with Crippen LogP contribution in [0.25, 0.3) is 11.3 Å². The summed E-state index contributed by atoms with van der Waals surface area (Å²) in [6.07, 6.45) is 16.5. The molecule has 1 aromatic carbocycles. The Balaban J connectivity index is 1.57. The average molecular weight is 344 g/mol. The number of oxazole rings is 1. The molecule has 0 fully saturated rings. The quantitative estimate of drug-likeness (QED) is 0.434. The number of hydrogen-bond donors (Lipinski definition) is 1. The molecule has 0 aliphatic rings. The molecule has 0 aliphatic carbocycles. The first-order valence-corrected chi connectivity index (χ1v) is 9.98. The van der Waals surface area contributed by atoms with Crippen molar-refractivity contribution in [3.05, 3.63) is 42.0 Å². The van der Waals surface area contributed by atoms with Gasteiger partial charge in [0, 0.05) is 5.56 Å². The van der Waals surface area contributed by atoms with Gasteiger partial charge in [-0.3, -0.25) is 0 Å². The van der Waals surface area contributed by atoms with Crippen molar-refractivity contribution in [3.63, 3.8) is 0 Å². The van der Waals surface area contributed by atoms with Crippen LogP contribution in [0.1, 0.15) is 82.6 Å². The summed E-state index contributed by atoms with van der Waals surface area (Å²) < 4.78 is 5.18. The Morgan fingerprint density at radius 2 is 1.44 bits per heavy atom.